The lowest BCUT2D eigenvalue weighted by Crippen LogP contribution is -2.28. The molecule has 142 valence electrons. The lowest BCUT2D eigenvalue weighted by atomic mass is 10.2. The van der Waals surface area contributed by atoms with Gasteiger partial charge in [-0.05, 0) is 57.5 Å². The van der Waals surface area contributed by atoms with Gasteiger partial charge in [0.1, 0.15) is 16.4 Å². The maximum absolute atomic E-state index is 12.9. The van der Waals surface area contributed by atoms with E-state index < -0.39 is 24.0 Å². The van der Waals surface area contributed by atoms with Crippen molar-refractivity contribution in [1.29, 1.82) is 0 Å². The molecule has 3 aromatic rings. The SMILES string of the molecule is Cc1sc2nc([C@@H](C)OC(=O)[C@@H](C)Oc3ccc(F)cc3)[nH]c(=O)c2c1C. The Hall–Kier alpha value is -2.74. The molecule has 1 N–H and O–H groups in total. The Morgan fingerprint density at radius 1 is 1.22 bits per heavy atom. The van der Waals surface area contributed by atoms with Crippen LogP contribution in [0, 0.1) is 19.7 Å². The first-order chi connectivity index (χ1) is 12.8. The standard InChI is InChI=1S/C19H19FN2O4S/c1-9-12(4)27-18-15(9)17(23)21-16(22-18)10(2)26-19(24)11(3)25-14-7-5-13(20)6-8-14/h5-8,10-11H,1-4H3,(H,21,22,23)/t10-,11-/m1/s1. The van der Waals surface area contributed by atoms with Gasteiger partial charge in [0, 0.05) is 4.88 Å². The lowest BCUT2D eigenvalue weighted by molar-refractivity contribution is -0.156. The molecule has 0 bridgehead atoms. The highest BCUT2D eigenvalue weighted by atomic mass is 32.1. The van der Waals surface area contributed by atoms with Crippen LogP contribution < -0.4 is 10.3 Å². The number of halogens is 1. The van der Waals surface area contributed by atoms with E-state index in [0.717, 1.165) is 10.4 Å². The van der Waals surface area contributed by atoms with Crippen LogP contribution in [0.2, 0.25) is 0 Å². The summed E-state index contributed by atoms with van der Waals surface area (Å²) in [5.41, 5.74) is 0.650. The normalized spacial score (nSPS) is 13.4. The van der Waals surface area contributed by atoms with E-state index in [-0.39, 0.29) is 11.4 Å². The number of hydrogen-bond acceptors (Lipinski definition) is 6. The zero-order valence-electron chi connectivity index (χ0n) is 15.3. The average Bonchev–Trinajstić information content (AvgIpc) is 2.91. The molecular formula is C19H19FN2O4S. The van der Waals surface area contributed by atoms with Gasteiger partial charge in [-0.15, -0.1) is 11.3 Å². The van der Waals surface area contributed by atoms with Gasteiger partial charge in [-0.25, -0.2) is 14.2 Å². The molecule has 0 unspecified atom stereocenters. The molecule has 0 spiro atoms. The van der Waals surface area contributed by atoms with Crippen molar-refractivity contribution in [3.05, 3.63) is 56.7 Å². The van der Waals surface area contributed by atoms with E-state index in [2.05, 4.69) is 9.97 Å². The van der Waals surface area contributed by atoms with Gasteiger partial charge in [0.15, 0.2) is 18.0 Å². The number of esters is 1. The van der Waals surface area contributed by atoms with Crippen LogP contribution in [-0.4, -0.2) is 22.0 Å². The predicted octanol–water partition coefficient (Wildman–Crippen LogP) is 3.81. The summed E-state index contributed by atoms with van der Waals surface area (Å²) in [5.74, 6) is -0.383. The van der Waals surface area contributed by atoms with Crippen molar-refractivity contribution < 1.29 is 18.7 Å². The number of carbonyl (C=O) groups is 1. The molecular weight excluding hydrogens is 371 g/mol. The Morgan fingerprint density at radius 2 is 1.89 bits per heavy atom. The smallest absolute Gasteiger partial charge is 0.347 e. The summed E-state index contributed by atoms with van der Waals surface area (Å²) in [7, 11) is 0. The Kier molecular flexibility index (Phi) is 5.27. The van der Waals surface area contributed by atoms with E-state index in [1.165, 1.54) is 42.5 Å². The van der Waals surface area contributed by atoms with E-state index in [1.807, 2.05) is 13.8 Å². The molecule has 2 heterocycles. The summed E-state index contributed by atoms with van der Waals surface area (Å²) in [6.07, 6.45) is -1.66. The van der Waals surface area contributed by atoms with Crippen molar-refractivity contribution in [2.75, 3.05) is 0 Å². The number of fused-ring (bicyclic) bond motifs is 1. The molecule has 0 saturated carbocycles. The van der Waals surface area contributed by atoms with Crippen LogP contribution >= 0.6 is 11.3 Å². The van der Waals surface area contributed by atoms with Crippen LogP contribution in [0.5, 0.6) is 5.75 Å². The maximum atomic E-state index is 12.9. The fraction of sp³-hybridized carbons (Fsp3) is 0.316. The highest BCUT2D eigenvalue weighted by Crippen LogP contribution is 2.27. The van der Waals surface area contributed by atoms with E-state index in [0.29, 0.717) is 16.0 Å². The van der Waals surface area contributed by atoms with Crippen molar-refractivity contribution in [2.24, 2.45) is 0 Å². The highest BCUT2D eigenvalue weighted by molar-refractivity contribution is 7.18. The van der Waals surface area contributed by atoms with Crippen molar-refractivity contribution >= 4 is 27.5 Å². The Bertz CT molecular complexity index is 1040. The number of nitrogens with one attached hydrogen (secondary N) is 1. The number of aryl methyl sites for hydroxylation is 2. The minimum Gasteiger partial charge on any atom is -0.479 e. The quantitative estimate of drug-likeness (QED) is 0.670. The number of carbonyl (C=O) groups excluding carboxylic acids is 1. The number of ether oxygens (including phenoxy) is 2. The molecule has 27 heavy (non-hydrogen) atoms. The summed E-state index contributed by atoms with van der Waals surface area (Å²) in [6.45, 7) is 6.96. The number of H-pyrrole nitrogens is 1. The summed E-state index contributed by atoms with van der Waals surface area (Å²) in [5, 5.41) is 0.563. The van der Waals surface area contributed by atoms with Crippen LogP contribution in [0.3, 0.4) is 0 Å². The summed E-state index contributed by atoms with van der Waals surface area (Å²) >= 11 is 1.43. The van der Waals surface area contributed by atoms with Crippen molar-refractivity contribution in [2.45, 2.75) is 39.9 Å². The highest BCUT2D eigenvalue weighted by Gasteiger charge is 2.22. The fourth-order valence-corrected chi connectivity index (χ4v) is 3.59. The molecule has 2 aromatic heterocycles. The van der Waals surface area contributed by atoms with Gasteiger partial charge >= 0.3 is 5.97 Å². The van der Waals surface area contributed by atoms with Gasteiger partial charge in [0.2, 0.25) is 0 Å². The van der Waals surface area contributed by atoms with E-state index in [1.54, 1.807) is 6.92 Å². The Balaban J connectivity index is 1.73. The Labute approximate surface area is 159 Å². The second-order valence-electron chi connectivity index (χ2n) is 6.21. The van der Waals surface area contributed by atoms with Gasteiger partial charge in [-0.3, -0.25) is 4.79 Å². The third-order valence-corrected chi connectivity index (χ3v) is 5.29. The minimum absolute atomic E-state index is 0.254. The number of aromatic amines is 1. The first-order valence-electron chi connectivity index (χ1n) is 8.39. The topological polar surface area (TPSA) is 81.3 Å². The van der Waals surface area contributed by atoms with Crippen molar-refractivity contribution in [3.8, 4) is 5.75 Å². The van der Waals surface area contributed by atoms with E-state index >= 15 is 0 Å². The van der Waals surface area contributed by atoms with E-state index in [4.69, 9.17) is 9.47 Å². The summed E-state index contributed by atoms with van der Waals surface area (Å²) in [6, 6.07) is 5.34. The number of nitrogens with zero attached hydrogens (tertiary/aromatic N) is 1. The number of hydrogen-bond donors (Lipinski definition) is 1. The molecule has 0 aliphatic heterocycles. The Morgan fingerprint density at radius 3 is 2.56 bits per heavy atom. The molecule has 0 fully saturated rings. The average molecular weight is 390 g/mol. The van der Waals surface area contributed by atoms with Gasteiger partial charge in [-0.2, -0.15) is 0 Å². The number of aromatic nitrogens is 2. The van der Waals surface area contributed by atoms with Crippen molar-refractivity contribution in [3.63, 3.8) is 0 Å². The number of benzene rings is 1. The van der Waals surface area contributed by atoms with Gasteiger partial charge in [-0.1, -0.05) is 0 Å². The molecule has 8 heteroatoms. The summed E-state index contributed by atoms with van der Waals surface area (Å²) in [4.78, 5) is 33.4. The minimum atomic E-state index is -0.903. The van der Waals surface area contributed by atoms with Crippen molar-refractivity contribution in [1.82, 2.24) is 9.97 Å². The van der Waals surface area contributed by atoms with Gasteiger partial charge < -0.3 is 14.5 Å². The molecule has 2 atom stereocenters. The van der Waals surface area contributed by atoms with Crippen LogP contribution in [0.4, 0.5) is 4.39 Å². The largest absolute Gasteiger partial charge is 0.479 e. The van der Waals surface area contributed by atoms with Crippen LogP contribution in [0.25, 0.3) is 10.2 Å². The molecule has 1 aromatic carbocycles. The summed E-state index contributed by atoms with van der Waals surface area (Å²) < 4.78 is 23.7. The molecule has 6 nitrogen and oxygen atoms in total. The lowest BCUT2D eigenvalue weighted by Gasteiger charge is -2.17. The van der Waals surface area contributed by atoms with Gasteiger partial charge in [0.05, 0.1) is 5.39 Å². The molecule has 0 aliphatic carbocycles. The monoisotopic (exact) mass is 390 g/mol. The number of rotatable bonds is 5. The third kappa shape index (κ3) is 4.00. The van der Waals surface area contributed by atoms with Crippen LogP contribution in [0.15, 0.2) is 29.1 Å². The molecule has 0 aliphatic rings. The van der Waals surface area contributed by atoms with Crippen LogP contribution in [-0.2, 0) is 9.53 Å². The van der Waals surface area contributed by atoms with Gasteiger partial charge in [0.25, 0.3) is 5.56 Å². The molecule has 3 rings (SSSR count). The second-order valence-corrected chi connectivity index (χ2v) is 7.41. The molecule has 0 saturated heterocycles. The maximum Gasteiger partial charge on any atom is 0.347 e. The van der Waals surface area contributed by atoms with Crippen LogP contribution in [0.1, 0.15) is 36.2 Å². The first-order valence-corrected chi connectivity index (χ1v) is 9.20. The van der Waals surface area contributed by atoms with E-state index in [9.17, 15) is 14.0 Å². The molecule has 0 amide bonds. The second kappa shape index (κ2) is 7.48. The zero-order chi connectivity index (χ0) is 19.7. The third-order valence-electron chi connectivity index (χ3n) is 4.19. The predicted molar refractivity (Wildman–Crippen MR) is 101 cm³/mol. The fourth-order valence-electron chi connectivity index (χ4n) is 2.56. The first kappa shape index (κ1) is 19.0. The zero-order valence-corrected chi connectivity index (χ0v) is 16.1. The molecule has 0 radical (unpaired) electrons. The number of thiophene rings is 1.